The molecule has 0 saturated heterocycles. The van der Waals surface area contributed by atoms with E-state index in [0.29, 0.717) is 11.6 Å². The van der Waals surface area contributed by atoms with Crippen molar-refractivity contribution >= 4 is 29.3 Å². The number of aromatic nitrogens is 1. The Balaban J connectivity index is 1.64. The number of carbonyl (C=O) groups excluding carboxylic acids is 2. The van der Waals surface area contributed by atoms with E-state index in [1.807, 2.05) is 22.9 Å². The molecule has 0 fully saturated rings. The number of nitrogens with one attached hydrogen (secondary N) is 2. The van der Waals surface area contributed by atoms with Crippen LogP contribution in [0.3, 0.4) is 0 Å². The smallest absolute Gasteiger partial charge is 0.339 e. The van der Waals surface area contributed by atoms with Crippen molar-refractivity contribution in [2.75, 3.05) is 12.4 Å². The van der Waals surface area contributed by atoms with Gasteiger partial charge in [-0.2, -0.15) is 0 Å². The lowest BCUT2D eigenvalue weighted by Crippen LogP contribution is -2.29. The Bertz CT molecular complexity index is 1020. The van der Waals surface area contributed by atoms with Crippen molar-refractivity contribution in [3.05, 3.63) is 88.5 Å². The summed E-state index contributed by atoms with van der Waals surface area (Å²) in [5.41, 5.74) is 2.26. The van der Waals surface area contributed by atoms with Gasteiger partial charge in [-0.3, -0.25) is 0 Å². The Morgan fingerprint density at radius 1 is 1.14 bits per heavy atom. The molecule has 0 radical (unpaired) electrons. The molecule has 2 aromatic carbocycles. The summed E-state index contributed by atoms with van der Waals surface area (Å²) in [5, 5.41) is 5.74. The van der Waals surface area contributed by atoms with E-state index in [1.54, 1.807) is 18.2 Å². The Morgan fingerprint density at radius 2 is 1.90 bits per heavy atom. The van der Waals surface area contributed by atoms with Gasteiger partial charge >= 0.3 is 12.0 Å². The highest BCUT2D eigenvalue weighted by atomic mass is 35.5. The predicted molar refractivity (Wildman–Crippen MR) is 109 cm³/mol. The first kappa shape index (κ1) is 20.4. The maximum atomic E-state index is 13.1. The molecule has 0 unspecified atom stereocenters. The van der Waals surface area contributed by atoms with Crippen molar-refractivity contribution in [2.45, 2.75) is 13.1 Å². The fraction of sp³-hybridized carbons (Fsp3) is 0.143. The summed E-state index contributed by atoms with van der Waals surface area (Å²) in [6, 6.07) is 14.0. The largest absolute Gasteiger partial charge is 0.465 e. The van der Waals surface area contributed by atoms with Crippen LogP contribution in [0.2, 0.25) is 5.02 Å². The first-order chi connectivity index (χ1) is 14.0. The van der Waals surface area contributed by atoms with Crippen LogP contribution in [0.15, 0.2) is 60.8 Å². The molecule has 3 aromatic rings. The molecule has 0 saturated carbocycles. The molecule has 2 N–H and O–H groups in total. The minimum atomic E-state index is -0.579. The fourth-order valence-electron chi connectivity index (χ4n) is 2.80. The van der Waals surface area contributed by atoms with Gasteiger partial charge in [-0.15, -0.1) is 0 Å². The molecule has 8 heteroatoms. The van der Waals surface area contributed by atoms with Gasteiger partial charge in [-0.05, 0) is 48.0 Å². The first-order valence-electron chi connectivity index (χ1n) is 8.77. The number of anilines is 1. The summed E-state index contributed by atoms with van der Waals surface area (Å²) in [6.07, 6.45) is 1.88. The van der Waals surface area contributed by atoms with Gasteiger partial charge in [0.15, 0.2) is 0 Å². The number of ether oxygens (including phenoxy) is 1. The van der Waals surface area contributed by atoms with Gasteiger partial charge in [0.25, 0.3) is 0 Å². The van der Waals surface area contributed by atoms with E-state index < -0.39 is 12.0 Å². The van der Waals surface area contributed by atoms with Crippen LogP contribution in [0.4, 0.5) is 14.9 Å². The van der Waals surface area contributed by atoms with Crippen LogP contribution in [0.5, 0.6) is 0 Å². The van der Waals surface area contributed by atoms with Crippen molar-refractivity contribution < 1.29 is 18.7 Å². The van der Waals surface area contributed by atoms with Crippen molar-refractivity contribution in [1.29, 1.82) is 0 Å². The van der Waals surface area contributed by atoms with E-state index >= 15 is 0 Å². The van der Waals surface area contributed by atoms with E-state index in [4.69, 9.17) is 16.3 Å². The lowest BCUT2D eigenvalue weighted by Gasteiger charge is -2.13. The van der Waals surface area contributed by atoms with E-state index in [2.05, 4.69) is 10.6 Å². The van der Waals surface area contributed by atoms with E-state index in [0.717, 1.165) is 11.3 Å². The molecule has 0 atom stereocenters. The van der Waals surface area contributed by atoms with Crippen molar-refractivity contribution in [1.82, 2.24) is 9.88 Å². The van der Waals surface area contributed by atoms with Crippen LogP contribution in [-0.4, -0.2) is 23.7 Å². The molecule has 3 rings (SSSR count). The summed E-state index contributed by atoms with van der Waals surface area (Å²) in [4.78, 5) is 24.2. The highest BCUT2D eigenvalue weighted by Gasteiger charge is 2.14. The standard InChI is InChI=1S/C21H19ClFN3O3/c1-29-20(27)18-9-6-15(22)11-19(18)25-21(28)24-12-17-3-2-10-26(17)13-14-4-7-16(23)8-5-14/h2-11H,12-13H2,1H3,(H2,24,25,28). The Labute approximate surface area is 172 Å². The summed E-state index contributed by atoms with van der Waals surface area (Å²) in [7, 11) is 1.26. The van der Waals surface area contributed by atoms with Crippen LogP contribution in [0, 0.1) is 5.82 Å². The molecule has 0 aliphatic heterocycles. The molecule has 0 aliphatic carbocycles. The minimum Gasteiger partial charge on any atom is -0.465 e. The Hall–Kier alpha value is -3.32. The lowest BCUT2D eigenvalue weighted by molar-refractivity contribution is 0.0602. The zero-order chi connectivity index (χ0) is 20.8. The number of esters is 1. The highest BCUT2D eigenvalue weighted by Crippen LogP contribution is 2.22. The third kappa shape index (κ3) is 5.36. The predicted octanol–water partition coefficient (Wildman–Crippen LogP) is 4.44. The number of carbonyl (C=O) groups is 2. The van der Waals surface area contributed by atoms with Gasteiger partial charge in [0.2, 0.25) is 0 Å². The maximum absolute atomic E-state index is 13.1. The SMILES string of the molecule is COC(=O)c1ccc(Cl)cc1NC(=O)NCc1cccn1Cc1ccc(F)cc1. The van der Waals surface area contributed by atoms with E-state index in [9.17, 15) is 14.0 Å². The lowest BCUT2D eigenvalue weighted by atomic mass is 10.2. The molecular weight excluding hydrogens is 397 g/mol. The van der Waals surface area contributed by atoms with Gasteiger partial charge in [0.05, 0.1) is 24.9 Å². The number of methoxy groups -OCH3 is 1. The molecule has 0 spiro atoms. The molecule has 150 valence electrons. The van der Waals surface area contributed by atoms with Gasteiger partial charge < -0.3 is 19.9 Å². The molecular formula is C21H19ClFN3O3. The average Bonchev–Trinajstić information content (AvgIpc) is 3.14. The normalized spacial score (nSPS) is 10.4. The van der Waals surface area contributed by atoms with Crippen LogP contribution in [0.1, 0.15) is 21.6 Å². The quantitative estimate of drug-likeness (QED) is 0.585. The van der Waals surface area contributed by atoms with E-state index in [-0.39, 0.29) is 23.6 Å². The molecule has 0 aliphatic rings. The molecule has 6 nitrogen and oxygen atoms in total. The second kappa shape index (κ2) is 9.25. The summed E-state index contributed by atoms with van der Waals surface area (Å²) >= 11 is 5.96. The number of urea groups is 1. The molecule has 2 amide bonds. The zero-order valence-corrected chi connectivity index (χ0v) is 16.4. The van der Waals surface area contributed by atoms with Crippen LogP contribution >= 0.6 is 11.6 Å². The van der Waals surface area contributed by atoms with Crippen LogP contribution in [0.25, 0.3) is 0 Å². The van der Waals surface area contributed by atoms with Gasteiger partial charge in [-0.1, -0.05) is 23.7 Å². The molecule has 1 heterocycles. The number of amides is 2. The van der Waals surface area contributed by atoms with Crippen LogP contribution in [-0.2, 0) is 17.8 Å². The number of halogens is 2. The number of hydrogen-bond acceptors (Lipinski definition) is 3. The third-order valence-corrected chi connectivity index (χ3v) is 4.49. The second-order valence-electron chi connectivity index (χ2n) is 6.24. The minimum absolute atomic E-state index is 0.201. The number of nitrogens with zero attached hydrogens (tertiary/aromatic N) is 1. The van der Waals surface area contributed by atoms with Crippen molar-refractivity contribution in [2.24, 2.45) is 0 Å². The van der Waals surface area contributed by atoms with Gasteiger partial charge in [0.1, 0.15) is 5.82 Å². The number of hydrogen-bond donors (Lipinski definition) is 2. The van der Waals surface area contributed by atoms with Crippen molar-refractivity contribution in [3.63, 3.8) is 0 Å². The Morgan fingerprint density at radius 3 is 2.62 bits per heavy atom. The summed E-state index contributed by atoms with van der Waals surface area (Å²) in [5.74, 6) is -0.864. The number of benzene rings is 2. The summed E-state index contributed by atoms with van der Waals surface area (Å²) in [6.45, 7) is 0.806. The monoisotopic (exact) mass is 415 g/mol. The number of rotatable bonds is 6. The topological polar surface area (TPSA) is 72.4 Å². The van der Waals surface area contributed by atoms with Crippen LogP contribution < -0.4 is 10.6 Å². The summed E-state index contributed by atoms with van der Waals surface area (Å²) < 4.78 is 19.7. The first-order valence-corrected chi connectivity index (χ1v) is 9.15. The highest BCUT2D eigenvalue weighted by molar-refractivity contribution is 6.31. The molecule has 29 heavy (non-hydrogen) atoms. The molecule has 0 bridgehead atoms. The third-order valence-electron chi connectivity index (χ3n) is 4.25. The van der Waals surface area contributed by atoms with Crippen molar-refractivity contribution in [3.8, 4) is 0 Å². The zero-order valence-electron chi connectivity index (χ0n) is 15.6. The molecule has 1 aromatic heterocycles. The van der Waals surface area contributed by atoms with Gasteiger partial charge in [0, 0.05) is 23.5 Å². The van der Waals surface area contributed by atoms with Gasteiger partial charge in [-0.25, -0.2) is 14.0 Å². The fourth-order valence-corrected chi connectivity index (χ4v) is 2.97. The Kier molecular flexibility index (Phi) is 6.51. The second-order valence-corrected chi connectivity index (χ2v) is 6.68. The maximum Gasteiger partial charge on any atom is 0.339 e. The van der Waals surface area contributed by atoms with E-state index in [1.165, 1.54) is 31.4 Å². The average molecular weight is 416 g/mol.